The Morgan fingerprint density at radius 3 is 2.41 bits per heavy atom. The number of piperidine rings is 1. The van der Waals surface area contributed by atoms with E-state index in [4.69, 9.17) is 0 Å². The number of rotatable bonds is 6. The third-order valence-corrected chi connectivity index (χ3v) is 6.32. The van der Waals surface area contributed by atoms with E-state index in [0.717, 1.165) is 30.4 Å². The molecule has 0 unspecified atom stereocenters. The predicted molar refractivity (Wildman–Crippen MR) is 106 cm³/mol. The molecule has 5 nitrogen and oxygen atoms in total. The van der Waals surface area contributed by atoms with E-state index in [-0.39, 0.29) is 10.8 Å². The van der Waals surface area contributed by atoms with Gasteiger partial charge in [0.05, 0.1) is 4.90 Å². The smallest absolute Gasteiger partial charge is 0.241 e. The van der Waals surface area contributed by atoms with Crippen molar-refractivity contribution in [2.45, 2.75) is 43.5 Å². The summed E-state index contributed by atoms with van der Waals surface area (Å²) in [4.78, 5) is 15.1. The SMILES string of the molecule is Cc1cccc(S(=O)(=O)N[C@@H](Cc2ccccc2)C(=O)N2CCCCC2)c1. The average molecular weight is 387 g/mol. The van der Waals surface area contributed by atoms with Crippen LogP contribution < -0.4 is 4.72 Å². The van der Waals surface area contributed by atoms with Crippen molar-refractivity contribution < 1.29 is 13.2 Å². The van der Waals surface area contributed by atoms with Gasteiger partial charge in [0.2, 0.25) is 15.9 Å². The minimum atomic E-state index is -3.78. The second-order valence-corrected chi connectivity index (χ2v) is 8.78. The zero-order valence-corrected chi connectivity index (χ0v) is 16.4. The van der Waals surface area contributed by atoms with Crippen LogP contribution in [0.1, 0.15) is 30.4 Å². The van der Waals surface area contributed by atoms with Crippen LogP contribution in [0.5, 0.6) is 0 Å². The van der Waals surface area contributed by atoms with Crippen molar-refractivity contribution in [1.29, 1.82) is 0 Å². The molecule has 2 aromatic carbocycles. The second-order valence-electron chi connectivity index (χ2n) is 7.07. The van der Waals surface area contributed by atoms with E-state index in [0.29, 0.717) is 19.5 Å². The maximum atomic E-state index is 13.1. The maximum Gasteiger partial charge on any atom is 0.241 e. The molecule has 0 aliphatic carbocycles. The highest BCUT2D eigenvalue weighted by Gasteiger charge is 2.30. The molecule has 27 heavy (non-hydrogen) atoms. The zero-order chi connectivity index (χ0) is 19.3. The fourth-order valence-electron chi connectivity index (χ4n) is 3.40. The van der Waals surface area contributed by atoms with Crippen LogP contribution in [0.4, 0.5) is 0 Å². The van der Waals surface area contributed by atoms with Crippen LogP contribution in [0.15, 0.2) is 59.5 Å². The molecular weight excluding hydrogens is 360 g/mol. The Morgan fingerprint density at radius 1 is 1.04 bits per heavy atom. The van der Waals surface area contributed by atoms with Gasteiger partial charge >= 0.3 is 0 Å². The summed E-state index contributed by atoms with van der Waals surface area (Å²) in [6.45, 7) is 3.23. The Bertz CT molecular complexity index is 875. The molecule has 1 fully saturated rings. The lowest BCUT2D eigenvalue weighted by Crippen LogP contribution is -2.50. The van der Waals surface area contributed by atoms with Crippen LogP contribution in [0, 0.1) is 6.92 Å². The molecule has 1 saturated heterocycles. The molecule has 0 spiro atoms. The topological polar surface area (TPSA) is 66.5 Å². The van der Waals surface area contributed by atoms with E-state index in [1.165, 1.54) is 0 Å². The van der Waals surface area contributed by atoms with Crippen LogP contribution in [0.25, 0.3) is 0 Å². The second kappa shape index (κ2) is 8.67. The summed E-state index contributed by atoms with van der Waals surface area (Å²) in [6.07, 6.45) is 3.38. The first kappa shape index (κ1) is 19.6. The van der Waals surface area contributed by atoms with Crippen molar-refractivity contribution in [1.82, 2.24) is 9.62 Å². The fourth-order valence-corrected chi connectivity index (χ4v) is 4.70. The third-order valence-electron chi connectivity index (χ3n) is 4.85. The summed E-state index contributed by atoms with van der Waals surface area (Å²) in [5.41, 5.74) is 1.79. The van der Waals surface area contributed by atoms with Crippen molar-refractivity contribution in [3.8, 4) is 0 Å². The van der Waals surface area contributed by atoms with Crippen LogP contribution >= 0.6 is 0 Å². The number of benzene rings is 2. The number of likely N-dealkylation sites (tertiary alicyclic amines) is 1. The Balaban J connectivity index is 1.85. The number of aryl methyl sites for hydroxylation is 1. The molecule has 0 bridgehead atoms. The molecular formula is C21H26N2O3S. The third kappa shape index (κ3) is 5.17. The van der Waals surface area contributed by atoms with Crippen LogP contribution in [0.3, 0.4) is 0 Å². The molecule has 144 valence electrons. The number of sulfonamides is 1. The Morgan fingerprint density at radius 2 is 1.74 bits per heavy atom. The molecule has 1 atom stereocenters. The first-order valence-corrected chi connectivity index (χ1v) is 10.9. The molecule has 1 N–H and O–H groups in total. The monoisotopic (exact) mass is 386 g/mol. The van der Waals surface area contributed by atoms with Gasteiger partial charge in [0.1, 0.15) is 6.04 Å². The van der Waals surface area contributed by atoms with E-state index in [9.17, 15) is 13.2 Å². The minimum Gasteiger partial charge on any atom is -0.341 e. The van der Waals surface area contributed by atoms with Crippen molar-refractivity contribution in [2.75, 3.05) is 13.1 Å². The van der Waals surface area contributed by atoms with Crippen LogP contribution in [-0.4, -0.2) is 38.4 Å². The van der Waals surface area contributed by atoms with Crippen LogP contribution in [-0.2, 0) is 21.2 Å². The highest BCUT2D eigenvalue weighted by molar-refractivity contribution is 7.89. The van der Waals surface area contributed by atoms with Gasteiger partial charge < -0.3 is 4.90 Å². The highest BCUT2D eigenvalue weighted by atomic mass is 32.2. The Hall–Kier alpha value is -2.18. The van der Waals surface area contributed by atoms with Crippen LogP contribution in [0.2, 0.25) is 0 Å². The fraction of sp³-hybridized carbons (Fsp3) is 0.381. The quantitative estimate of drug-likeness (QED) is 0.830. The van der Waals surface area contributed by atoms with Gasteiger partial charge in [-0.3, -0.25) is 4.79 Å². The van der Waals surface area contributed by atoms with Crippen molar-refractivity contribution in [2.24, 2.45) is 0 Å². The molecule has 0 radical (unpaired) electrons. The highest BCUT2D eigenvalue weighted by Crippen LogP contribution is 2.16. The number of carbonyl (C=O) groups is 1. The van der Waals surface area contributed by atoms with Gasteiger partial charge in [-0.05, 0) is 55.9 Å². The lowest BCUT2D eigenvalue weighted by molar-refractivity contribution is -0.133. The lowest BCUT2D eigenvalue weighted by atomic mass is 10.0. The molecule has 6 heteroatoms. The molecule has 1 aliphatic rings. The summed E-state index contributed by atoms with van der Waals surface area (Å²) in [5.74, 6) is -0.144. The number of amides is 1. The number of hydrogen-bond donors (Lipinski definition) is 1. The molecule has 0 saturated carbocycles. The standard InChI is InChI=1S/C21H26N2O3S/c1-17-9-8-12-19(15-17)27(25,26)22-20(16-18-10-4-2-5-11-18)21(24)23-13-6-3-7-14-23/h2,4-5,8-12,15,20,22H,3,6-7,13-14,16H2,1H3/t20-/m0/s1. The summed E-state index contributed by atoms with van der Waals surface area (Å²) in [5, 5.41) is 0. The van der Waals surface area contributed by atoms with E-state index in [1.54, 1.807) is 23.1 Å². The maximum absolute atomic E-state index is 13.1. The number of hydrogen-bond acceptors (Lipinski definition) is 3. The van der Waals surface area contributed by atoms with Crippen molar-refractivity contribution in [3.63, 3.8) is 0 Å². The van der Waals surface area contributed by atoms with Gasteiger partial charge in [-0.25, -0.2) is 8.42 Å². The normalized spacial score (nSPS) is 16.1. The predicted octanol–water partition coefficient (Wildman–Crippen LogP) is 2.90. The molecule has 2 aromatic rings. The summed E-state index contributed by atoms with van der Waals surface area (Å²) < 4.78 is 28.4. The Labute approximate surface area is 161 Å². The van der Waals surface area contributed by atoms with Gasteiger partial charge in [0.15, 0.2) is 0 Å². The first-order chi connectivity index (χ1) is 13.0. The largest absolute Gasteiger partial charge is 0.341 e. The molecule has 3 rings (SSSR count). The zero-order valence-electron chi connectivity index (χ0n) is 15.6. The first-order valence-electron chi connectivity index (χ1n) is 9.37. The summed E-state index contributed by atoms with van der Waals surface area (Å²) in [6, 6.07) is 15.4. The van der Waals surface area contributed by atoms with E-state index in [2.05, 4.69) is 4.72 Å². The summed E-state index contributed by atoms with van der Waals surface area (Å²) in [7, 11) is -3.78. The van der Waals surface area contributed by atoms with Gasteiger partial charge in [0, 0.05) is 13.1 Å². The average Bonchev–Trinajstić information content (AvgIpc) is 2.68. The molecule has 0 aromatic heterocycles. The van der Waals surface area contributed by atoms with Gasteiger partial charge in [-0.15, -0.1) is 0 Å². The molecule has 1 heterocycles. The van der Waals surface area contributed by atoms with E-state index in [1.807, 2.05) is 43.3 Å². The Kier molecular flexibility index (Phi) is 6.29. The van der Waals surface area contributed by atoms with Crippen molar-refractivity contribution in [3.05, 3.63) is 65.7 Å². The van der Waals surface area contributed by atoms with Crippen molar-refractivity contribution >= 4 is 15.9 Å². The number of carbonyl (C=O) groups excluding carboxylic acids is 1. The summed E-state index contributed by atoms with van der Waals surface area (Å²) >= 11 is 0. The lowest BCUT2D eigenvalue weighted by Gasteiger charge is -2.30. The number of nitrogens with one attached hydrogen (secondary N) is 1. The van der Waals surface area contributed by atoms with Gasteiger partial charge in [-0.2, -0.15) is 4.72 Å². The van der Waals surface area contributed by atoms with E-state index < -0.39 is 16.1 Å². The molecule has 1 aliphatic heterocycles. The van der Waals surface area contributed by atoms with Gasteiger partial charge in [-0.1, -0.05) is 42.5 Å². The van der Waals surface area contributed by atoms with Gasteiger partial charge in [0.25, 0.3) is 0 Å². The molecule has 1 amide bonds. The minimum absolute atomic E-state index is 0.144. The van der Waals surface area contributed by atoms with E-state index >= 15 is 0 Å². The number of nitrogens with zero attached hydrogens (tertiary/aromatic N) is 1.